The largest absolute Gasteiger partial charge is 0.467 e. The van der Waals surface area contributed by atoms with Crippen molar-refractivity contribution in [3.63, 3.8) is 0 Å². The van der Waals surface area contributed by atoms with Crippen LogP contribution in [0.4, 0.5) is 16.2 Å². The number of rotatable bonds is 6. The maximum absolute atomic E-state index is 13.2. The highest BCUT2D eigenvalue weighted by Gasteiger charge is 2.46. The van der Waals surface area contributed by atoms with Gasteiger partial charge in [0.15, 0.2) is 0 Å². The molecule has 3 aromatic rings. The van der Waals surface area contributed by atoms with Gasteiger partial charge in [0.2, 0.25) is 5.91 Å². The molecule has 0 bridgehead atoms. The first kappa shape index (κ1) is 20.7. The maximum atomic E-state index is 13.2. The molecule has 4 rings (SSSR count). The predicted molar refractivity (Wildman–Crippen MR) is 117 cm³/mol. The van der Waals surface area contributed by atoms with Crippen LogP contribution in [0.1, 0.15) is 17.7 Å². The molecule has 7 nitrogen and oxygen atoms in total. The minimum Gasteiger partial charge on any atom is -0.467 e. The first-order valence-corrected chi connectivity index (χ1v) is 10.1. The van der Waals surface area contributed by atoms with Gasteiger partial charge in [-0.2, -0.15) is 0 Å². The molecular weight excluding hydrogens is 418 g/mol. The number of hydrogen-bond donors (Lipinski definition) is 1. The van der Waals surface area contributed by atoms with Crippen molar-refractivity contribution in [1.82, 2.24) is 4.90 Å². The van der Waals surface area contributed by atoms with Crippen molar-refractivity contribution < 1.29 is 18.8 Å². The van der Waals surface area contributed by atoms with Gasteiger partial charge < -0.3 is 14.6 Å². The van der Waals surface area contributed by atoms with Crippen LogP contribution in [0.15, 0.2) is 71.3 Å². The number of urea groups is 1. The van der Waals surface area contributed by atoms with E-state index in [-0.39, 0.29) is 18.9 Å². The molecular formula is C23H20ClN3O4. The summed E-state index contributed by atoms with van der Waals surface area (Å²) < 4.78 is 5.36. The third-order valence-electron chi connectivity index (χ3n) is 5.02. The molecule has 1 N–H and O–H groups in total. The average molecular weight is 438 g/mol. The predicted octanol–water partition coefficient (Wildman–Crippen LogP) is 4.61. The quantitative estimate of drug-likeness (QED) is 0.571. The average Bonchev–Trinajstić information content (AvgIpc) is 3.33. The van der Waals surface area contributed by atoms with Gasteiger partial charge in [0.25, 0.3) is 5.91 Å². The monoisotopic (exact) mass is 437 g/mol. The summed E-state index contributed by atoms with van der Waals surface area (Å²) in [5.74, 6) is -0.314. The fourth-order valence-electron chi connectivity index (χ4n) is 3.44. The highest BCUT2D eigenvalue weighted by Crippen LogP contribution is 2.29. The number of halogens is 1. The van der Waals surface area contributed by atoms with Crippen LogP contribution < -0.4 is 10.2 Å². The third kappa shape index (κ3) is 4.46. The lowest BCUT2D eigenvalue weighted by Crippen LogP contribution is -2.37. The molecule has 8 heteroatoms. The Kier molecular flexibility index (Phi) is 5.77. The Morgan fingerprint density at radius 1 is 1.06 bits per heavy atom. The number of imide groups is 1. The number of nitrogens with one attached hydrogen (secondary N) is 1. The second-order valence-electron chi connectivity index (χ2n) is 7.27. The second kappa shape index (κ2) is 8.65. The lowest BCUT2D eigenvalue weighted by Gasteiger charge is -2.20. The smallest absolute Gasteiger partial charge is 0.332 e. The van der Waals surface area contributed by atoms with Gasteiger partial charge in [-0.05, 0) is 55.5 Å². The molecule has 1 fully saturated rings. The topological polar surface area (TPSA) is 82.9 Å². The van der Waals surface area contributed by atoms with Crippen LogP contribution in [0.25, 0.3) is 0 Å². The summed E-state index contributed by atoms with van der Waals surface area (Å²) in [6.07, 6.45) is 1.31. The van der Waals surface area contributed by atoms with Crippen molar-refractivity contribution in [1.29, 1.82) is 0 Å². The van der Waals surface area contributed by atoms with Crippen molar-refractivity contribution in [2.24, 2.45) is 0 Å². The van der Waals surface area contributed by atoms with E-state index < -0.39 is 18.0 Å². The molecule has 0 unspecified atom stereocenters. The van der Waals surface area contributed by atoms with Crippen LogP contribution in [-0.2, 0) is 16.1 Å². The van der Waals surface area contributed by atoms with Crippen LogP contribution in [0.2, 0.25) is 5.02 Å². The molecule has 1 aliphatic heterocycles. The minimum absolute atomic E-state index is 0.0822. The summed E-state index contributed by atoms with van der Waals surface area (Å²) in [4.78, 5) is 41.5. The van der Waals surface area contributed by atoms with Gasteiger partial charge in [-0.15, -0.1) is 0 Å². The fraction of sp³-hybridized carbons (Fsp3) is 0.174. The number of nitrogens with zero attached hydrogens (tertiary/aromatic N) is 2. The van der Waals surface area contributed by atoms with Gasteiger partial charge in [0, 0.05) is 10.7 Å². The number of furan rings is 1. The van der Waals surface area contributed by atoms with Crippen LogP contribution >= 0.6 is 11.6 Å². The normalized spacial score (nSPS) is 16.1. The molecule has 2 aromatic carbocycles. The van der Waals surface area contributed by atoms with E-state index in [4.69, 9.17) is 16.0 Å². The molecule has 1 aromatic heterocycles. The Hall–Kier alpha value is -3.58. The van der Waals surface area contributed by atoms with Crippen molar-refractivity contribution in [3.05, 3.63) is 83.3 Å². The molecule has 2 heterocycles. The fourth-order valence-corrected chi connectivity index (χ4v) is 3.56. The summed E-state index contributed by atoms with van der Waals surface area (Å²) in [6, 6.07) is 15.7. The van der Waals surface area contributed by atoms with E-state index in [1.54, 1.807) is 48.5 Å². The summed E-state index contributed by atoms with van der Waals surface area (Å²) in [6.45, 7) is 2.00. The lowest BCUT2D eigenvalue weighted by molar-refractivity contribution is -0.124. The summed E-state index contributed by atoms with van der Waals surface area (Å²) in [5, 5.41) is 3.29. The standard InChI is InChI=1S/C23H20ClN3O4/c1-15-4-10-18(11-5-15)27-22(29)20(26(23(27)30)14-19-3-2-12-31-19)13-21(28)25-17-8-6-16(24)7-9-17/h2-12,20H,13-14H2,1H3,(H,25,28)/t20-/m0/s1. The SMILES string of the molecule is Cc1ccc(N2C(=O)[C@H](CC(=O)Nc3ccc(Cl)cc3)N(Cc3ccco3)C2=O)cc1. The molecule has 4 amide bonds. The number of amides is 4. The lowest BCUT2D eigenvalue weighted by atomic mass is 10.1. The van der Waals surface area contributed by atoms with E-state index in [0.29, 0.717) is 22.2 Å². The van der Waals surface area contributed by atoms with Crippen molar-refractivity contribution in [2.45, 2.75) is 25.9 Å². The second-order valence-corrected chi connectivity index (χ2v) is 7.71. The van der Waals surface area contributed by atoms with Crippen LogP contribution in [0.3, 0.4) is 0 Å². The molecule has 0 radical (unpaired) electrons. The summed E-state index contributed by atoms with van der Waals surface area (Å²) in [5.41, 5.74) is 2.03. The first-order chi connectivity index (χ1) is 14.9. The Labute approximate surface area is 184 Å². The van der Waals surface area contributed by atoms with Crippen molar-refractivity contribution in [3.8, 4) is 0 Å². The van der Waals surface area contributed by atoms with Gasteiger partial charge in [0.05, 0.1) is 24.9 Å². The number of anilines is 2. The number of benzene rings is 2. The maximum Gasteiger partial charge on any atom is 0.332 e. The zero-order valence-electron chi connectivity index (χ0n) is 16.7. The van der Waals surface area contributed by atoms with Gasteiger partial charge in [-0.3, -0.25) is 9.59 Å². The number of aryl methyl sites for hydroxylation is 1. The first-order valence-electron chi connectivity index (χ1n) is 9.71. The van der Waals surface area contributed by atoms with Crippen LogP contribution in [0.5, 0.6) is 0 Å². The summed E-state index contributed by atoms with van der Waals surface area (Å²) in [7, 11) is 0. The zero-order chi connectivity index (χ0) is 22.0. The van der Waals surface area contributed by atoms with E-state index in [9.17, 15) is 14.4 Å². The van der Waals surface area contributed by atoms with E-state index in [0.717, 1.165) is 10.5 Å². The Morgan fingerprint density at radius 2 is 1.77 bits per heavy atom. The Morgan fingerprint density at radius 3 is 2.42 bits per heavy atom. The third-order valence-corrected chi connectivity index (χ3v) is 5.28. The van der Waals surface area contributed by atoms with Crippen LogP contribution in [-0.4, -0.2) is 28.8 Å². The number of carbonyl (C=O) groups excluding carboxylic acids is 3. The molecule has 1 atom stereocenters. The summed E-state index contributed by atoms with van der Waals surface area (Å²) >= 11 is 5.88. The highest BCUT2D eigenvalue weighted by molar-refractivity contribution is 6.30. The molecule has 0 spiro atoms. The van der Waals surface area contributed by atoms with Gasteiger partial charge >= 0.3 is 6.03 Å². The van der Waals surface area contributed by atoms with E-state index in [1.807, 2.05) is 19.1 Å². The molecule has 0 saturated carbocycles. The van der Waals surface area contributed by atoms with Crippen LogP contribution in [0, 0.1) is 6.92 Å². The molecule has 158 valence electrons. The van der Waals surface area contributed by atoms with Gasteiger partial charge in [-0.1, -0.05) is 29.3 Å². The Balaban J connectivity index is 1.58. The minimum atomic E-state index is -0.953. The number of carbonyl (C=O) groups is 3. The molecule has 31 heavy (non-hydrogen) atoms. The van der Waals surface area contributed by atoms with E-state index in [1.165, 1.54) is 11.2 Å². The number of hydrogen-bond acceptors (Lipinski definition) is 4. The molecule has 1 aliphatic rings. The zero-order valence-corrected chi connectivity index (χ0v) is 17.5. The van der Waals surface area contributed by atoms with Gasteiger partial charge in [0.1, 0.15) is 11.8 Å². The molecule has 0 aliphatic carbocycles. The van der Waals surface area contributed by atoms with Crippen molar-refractivity contribution >= 4 is 40.8 Å². The molecule has 1 saturated heterocycles. The van der Waals surface area contributed by atoms with E-state index in [2.05, 4.69) is 5.32 Å². The van der Waals surface area contributed by atoms with Crippen molar-refractivity contribution in [2.75, 3.05) is 10.2 Å². The highest BCUT2D eigenvalue weighted by atomic mass is 35.5. The van der Waals surface area contributed by atoms with E-state index >= 15 is 0 Å². The Bertz CT molecular complexity index is 1090. The van der Waals surface area contributed by atoms with Gasteiger partial charge in [-0.25, -0.2) is 9.69 Å².